The first-order chi connectivity index (χ1) is 9.74. The molecule has 1 atom stereocenters. The first-order valence-electron chi connectivity index (χ1n) is 6.13. The number of fused-ring (bicyclic) bond motifs is 1. The molecule has 0 bridgehead atoms. The molecule has 4 nitrogen and oxygen atoms in total. The number of hydrogen-bond acceptors (Lipinski definition) is 3. The summed E-state index contributed by atoms with van der Waals surface area (Å²) < 4.78 is 10.5. The molecule has 1 unspecified atom stereocenters. The van der Waals surface area contributed by atoms with Crippen LogP contribution in [-0.2, 0) is 4.79 Å². The molecule has 0 radical (unpaired) electrons. The maximum atomic E-state index is 12.2. The molecular formula is C15H12BrNO3. The molecule has 0 aromatic heterocycles. The Hall–Kier alpha value is -2.01. The molecule has 20 heavy (non-hydrogen) atoms. The lowest BCUT2D eigenvalue weighted by Crippen LogP contribution is -2.16. The van der Waals surface area contributed by atoms with Gasteiger partial charge in [-0.25, -0.2) is 0 Å². The first kappa shape index (κ1) is 13.0. The van der Waals surface area contributed by atoms with Gasteiger partial charge in [0.2, 0.25) is 12.7 Å². The van der Waals surface area contributed by atoms with Gasteiger partial charge in [0.25, 0.3) is 0 Å². The molecule has 0 aliphatic carbocycles. The number of alkyl halides is 1. The van der Waals surface area contributed by atoms with Gasteiger partial charge in [0, 0.05) is 11.8 Å². The molecule has 1 heterocycles. The van der Waals surface area contributed by atoms with Gasteiger partial charge in [-0.15, -0.1) is 0 Å². The Morgan fingerprint density at radius 2 is 1.85 bits per heavy atom. The van der Waals surface area contributed by atoms with Gasteiger partial charge in [-0.1, -0.05) is 46.3 Å². The number of nitrogens with one attached hydrogen (secondary N) is 1. The maximum Gasteiger partial charge on any atom is 0.242 e. The molecule has 0 fully saturated rings. The van der Waals surface area contributed by atoms with E-state index in [2.05, 4.69) is 21.2 Å². The van der Waals surface area contributed by atoms with Crippen LogP contribution in [0.15, 0.2) is 48.5 Å². The fourth-order valence-electron chi connectivity index (χ4n) is 1.95. The number of carbonyl (C=O) groups is 1. The van der Waals surface area contributed by atoms with Crippen molar-refractivity contribution >= 4 is 27.5 Å². The Labute approximate surface area is 124 Å². The summed E-state index contributed by atoms with van der Waals surface area (Å²) in [5, 5.41) is 2.85. The number of anilines is 1. The summed E-state index contributed by atoms with van der Waals surface area (Å²) in [6, 6.07) is 14.8. The Balaban J connectivity index is 1.73. The number of hydrogen-bond donors (Lipinski definition) is 1. The molecule has 2 aromatic rings. The van der Waals surface area contributed by atoms with Crippen LogP contribution >= 0.6 is 15.9 Å². The third-order valence-electron chi connectivity index (χ3n) is 2.96. The van der Waals surface area contributed by atoms with Crippen LogP contribution in [0, 0.1) is 0 Å². The summed E-state index contributed by atoms with van der Waals surface area (Å²) in [5.41, 5.74) is 1.59. The van der Waals surface area contributed by atoms with Gasteiger partial charge in [0.05, 0.1) is 0 Å². The lowest BCUT2D eigenvalue weighted by atomic mass is 10.1. The molecule has 1 amide bonds. The first-order valence-corrected chi connectivity index (χ1v) is 7.05. The quantitative estimate of drug-likeness (QED) is 0.874. The van der Waals surface area contributed by atoms with Gasteiger partial charge in [-0.3, -0.25) is 4.79 Å². The van der Waals surface area contributed by atoms with Gasteiger partial charge >= 0.3 is 0 Å². The predicted octanol–water partition coefficient (Wildman–Crippen LogP) is 3.49. The lowest BCUT2D eigenvalue weighted by molar-refractivity contribution is -0.115. The average molecular weight is 334 g/mol. The molecule has 3 rings (SSSR count). The van der Waals surface area contributed by atoms with Crippen molar-refractivity contribution in [3.63, 3.8) is 0 Å². The standard InChI is InChI=1S/C15H12BrNO3/c16-14(10-4-2-1-3-5-10)15(18)17-11-6-7-12-13(8-11)20-9-19-12/h1-8,14H,9H2,(H,17,18). The summed E-state index contributed by atoms with van der Waals surface area (Å²) in [5.74, 6) is 1.21. The third-order valence-corrected chi connectivity index (χ3v) is 3.91. The predicted molar refractivity (Wildman–Crippen MR) is 79.3 cm³/mol. The van der Waals surface area contributed by atoms with Gasteiger partial charge < -0.3 is 14.8 Å². The number of halogens is 1. The van der Waals surface area contributed by atoms with E-state index in [0.717, 1.165) is 5.56 Å². The van der Waals surface area contributed by atoms with E-state index in [1.54, 1.807) is 18.2 Å². The van der Waals surface area contributed by atoms with Crippen molar-refractivity contribution in [1.29, 1.82) is 0 Å². The summed E-state index contributed by atoms with van der Waals surface area (Å²) in [4.78, 5) is 11.8. The summed E-state index contributed by atoms with van der Waals surface area (Å²) >= 11 is 3.40. The third kappa shape index (κ3) is 2.63. The van der Waals surface area contributed by atoms with Crippen LogP contribution in [0.1, 0.15) is 10.4 Å². The maximum absolute atomic E-state index is 12.2. The molecule has 0 saturated carbocycles. The largest absolute Gasteiger partial charge is 0.454 e. The summed E-state index contributed by atoms with van der Waals surface area (Å²) in [6.07, 6.45) is 0. The Morgan fingerprint density at radius 3 is 2.65 bits per heavy atom. The Bertz CT molecular complexity index is 630. The van der Waals surface area contributed by atoms with E-state index in [1.165, 1.54) is 0 Å². The van der Waals surface area contributed by atoms with Crippen molar-refractivity contribution in [2.75, 3.05) is 12.1 Å². The van der Waals surface area contributed by atoms with Crippen LogP contribution in [0.3, 0.4) is 0 Å². The smallest absolute Gasteiger partial charge is 0.242 e. The Kier molecular flexibility index (Phi) is 3.60. The zero-order chi connectivity index (χ0) is 13.9. The zero-order valence-electron chi connectivity index (χ0n) is 10.5. The van der Waals surface area contributed by atoms with Crippen LogP contribution in [0.5, 0.6) is 11.5 Å². The lowest BCUT2D eigenvalue weighted by Gasteiger charge is -2.11. The number of carbonyl (C=O) groups excluding carboxylic acids is 1. The average Bonchev–Trinajstić information content (AvgIpc) is 2.95. The highest BCUT2D eigenvalue weighted by Crippen LogP contribution is 2.34. The van der Waals surface area contributed by atoms with Crippen molar-refractivity contribution in [2.45, 2.75) is 4.83 Å². The molecule has 2 aromatic carbocycles. The van der Waals surface area contributed by atoms with Crippen molar-refractivity contribution < 1.29 is 14.3 Å². The minimum atomic E-state index is -0.394. The van der Waals surface area contributed by atoms with Crippen LogP contribution in [0.4, 0.5) is 5.69 Å². The van der Waals surface area contributed by atoms with Crippen molar-refractivity contribution in [3.8, 4) is 11.5 Å². The van der Waals surface area contributed by atoms with Gasteiger partial charge in [-0.05, 0) is 17.7 Å². The van der Waals surface area contributed by atoms with Crippen LogP contribution < -0.4 is 14.8 Å². The van der Waals surface area contributed by atoms with Crippen LogP contribution in [0.2, 0.25) is 0 Å². The fourth-order valence-corrected chi connectivity index (χ4v) is 2.37. The van der Waals surface area contributed by atoms with E-state index < -0.39 is 4.83 Å². The van der Waals surface area contributed by atoms with Crippen molar-refractivity contribution in [3.05, 3.63) is 54.1 Å². The van der Waals surface area contributed by atoms with Gasteiger partial charge in [0.15, 0.2) is 11.5 Å². The highest BCUT2D eigenvalue weighted by molar-refractivity contribution is 9.09. The van der Waals surface area contributed by atoms with E-state index in [4.69, 9.17) is 9.47 Å². The fraction of sp³-hybridized carbons (Fsp3) is 0.133. The van der Waals surface area contributed by atoms with E-state index in [-0.39, 0.29) is 12.7 Å². The second-order valence-corrected chi connectivity index (χ2v) is 5.25. The van der Waals surface area contributed by atoms with E-state index in [1.807, 2.05) is 30.3 Å². The van der Waals surface area contributed by atoms with Crippen LogP contribution in [0.25, 0.3) is 0 Å². The number of ether oxygens (including phenoxy) is 2. The van der Waals surface area contributed by atoms with E-state index in [0.29, 0.717) is 17.2 Å². The minimum absolute atomic E-state index is 0.130. The zero-order valence-corrected chi connectivity index (χ0v) is 12.1. The number of rotatable bonds is 3. The SMILES string of the molecule is O=C(Nc1ccc2c(c1)OCO2)C(Br)c1ccccc1. The van der Waals surface area contributed by atoms with Gasteiger partial charge in [-0.2, -0.15) is 0 Å². The van der Waals surface area contributed by atoms with Gasteiger partial charge in [0.1, 0.15) is 4.83 Å². The van der Waals surface area contributed by atoms with E-state index >= 15 is 0 Å². The second kappa shape index (κ2) is 5.54. The highest BCUT2D eigenvalue weighted by Gasteiger charge is 2.19. The summed E-state index contributed by atoms with van der Waals surface area (Å²) in [6.45, 7) is 0.220. The number of benzene rings is 2. The normalized spacial score (nSPS) is 13.8. The Morgan fingerprint density at radius 1 is 1.10 bits per heavy atom. The molecule has 1 N–H and O–H groups in total. The molecule has 1 aliphatic rings. The molecule has 0 spiro atoms. The molecule has 102 valence electrons. The molecular weight excluding hydrogens is 322 g/mol. The topological polar surface area (TPSA) is 47.6 Å². The highest BCUT2D eigenvalue weighted by atomic mass is 79.9. The minimum Gasteiger partial charge on any atom is -0.454 e. The van der Waals surface area contributed by atoms with Crippen molar-refractivity contribution in [2.24, 2.45) is 0 Å². The molecule has 5 heteroatoms. The second-order valence-electron chi connectivity index (χ2n) is 4.33. The van der Waals surface area contributed by atoms with Crippen LogP contribution in [-0.4, -0.2) is 12.7 Å². The van der Waals surface area contributed by atoms with E-state index in [9.17, 15) is 4.79 Å². The monoisotopic (exact) mass is 333 g/mol. The molecule has 0 saturated heterocycles. The number of amides is 1. The van der Waals surface area contributed by atoms with Crippen molar-refractivity contribution in [1.82, 2.24) is 0 Å². The summed E-state index contributed by atoms with van der Waals surface area (Å²) in [7, 11) is 0. The molecule has 1 aliphatic heterocycles.